The van der Waals surface area contributed by atoms with Crippen LogP contribution in [0, 0.1) is 5.92 Å². The van der Waals surface area contributed by atoms with E-state index in [-0.39, 0.29) is 0 Å². The zero-order valence-electron chi connectivity index (χ0n) is 11.1. The van der Waals surface area contributed by atoms with Gasteiger partial charge in [-0.3, -0.25) is 0 Å². The highest BCUT2D eigenvalue weighted by atomic mass is 15.2. The van der Waals surface area contributed by atoms with E-state index in [4.69, 9.17) is 5.73 Å². The number of likely N-dealkylation sites (N-methyl/N-ethyl adjacent to an activating group) is 1. The maximum atomic E-state index is 5.55. The van der Waals surface area contributed by atoms with Crippen molar-refractivity contribution in [2.75, 3.05) is 36.9 Å². The molecule has 18 heavy (non-hydrogen) atoms. The number of aromatic nitrogens is 2. The Hall–Kier alpha value is -1.36. The molecule has 5 heteroatoms. The Morgan fingerprint density at radius 1 is 1.44 bits per heavy atom. The van der Waals surface area contributed by atoms with Crippen molar-refractivity contribution in [1.29, 1.82) is 0 Å². The molecule has 1 fully saturated rings. The third kappa shape index (κ3) is 3.57. The molecule has 0 aromatic carbocycles. The topological polar surface area (TPSA) is 67.1 Å². The SMILES string of the molecule is CN(CCN)c1cnnc(NCC2CCCC2)c1. The minimum Gasteiger partial charge on any atom is -0.372 e. The number of anilines is 2. The van der Waals surface area contributed by atoms with E-state index in [2.05, 4.69) is 20.4 Å². The number of hydrogen-bond donors (Lipinski definition) is 2. The van der Waals surface area contributed by atoms with Crippen molar-refractivity contribution in [3.8, 4) is 0 Å². The zero-order valence-corrected chi connectivity index (χ0v) is 11.1. The first-order chi connectivity index (χ1) is 8.79. The van der Waals surface area contributed by atoms with Gasteiger partial charge in [0, 0.05) is 32.7 Å². The van der Waals surface area contributed by atoms with Gasteiger partial charge >= 0.3 is 0 Å². The van der Waals surface area contributed by atoms with Crippen molar-refractivity contribution in [3.05, 3.63) is 12.3 Å². The second-order valence-corrected chi connectivity index (χ2v) is 5.04. The fraction of sp³-hybridized carbons (Fsp3) is 0.692. The van der Waals surface area contributed by atoms with E-state index < -0.39 is 0 Å². The Bertz CT molecular complexity index is 362. The van der Waals surface area contributed by atoms with Crippen LogP contribution in [0.25, 0.3) is 0 Å². The molecule has 0 amide bonds. The molecule has 1 aliphatic rings. The van der Waals surface area contributed by atoms with Crippen molar-refractivity contribution in [1.82, 2.24) is 10.2 Å². The van der Waals surface area contributed by atoms with Crippen LogP contribution >= 0.6 is 0 Å². The van der Waals surface area contributed by atoms with Crippen LogP contribution in [0.4, 0.5) is 11.5 Å². The Labute approximate surface area is 109 Å². The molecule has 0 radical (unpaired) electrons. The van der Waals surface area contributed by atoms with Gasteiger partial charge in [-0.25, -0.2) is 0 Å². The monoisotopic (exact) mass is 249 g/mol. The van der Waals surface area contributed by atoms with Gasteiger partial charge in [0.1, 0.15) is 0 Å². The van der Waals surface area contributed by atoms with Gasteiger partial charge in [-0.2, -0.15) is 5.10 Å². The molecule has 100 valence electrons. The van der Waals surface area contributed by atoms with E-state index in [0.717, 1.165) is 30.5 Å². The molecule has 1 aromatic heterocycles. The third-order valence-corrected chi connectivity index (χ3v) is 3.59. The van der Waals surface area contributed by atoms with Crippen molar-refractivity contribution in [2.24, 2.45) is 11.7 Å². The average Bonchev–Trinajstić information content (AvgIpc) is 2.90. The van der Waals surface area contributed by atoms with E-state index >= 15 is 0 Å². The summed E-state index contributed by atoms with van der Waals surface area (Å²) in [5, 5.41) is 11.6. The van der Waals surface area contributed by atoms with Gasteiger partial charge in [-0.1, -0.05) is 12.8 Å². The predicted molar refractivity (Wildman–Crippen MR) is 74.8 cm³/mol. The molecule has 0 bridgehead atoms. The van der Waals surface area contributed by atoms with E-state index in [9.17, 15) is 0 Å². The molecule has 1 saturated carbocycles. The smallest absolute Gasteiger partial charge is 0.150 e. The summed E-state index contributed by atoms with van der Waals surface area (Å²) in [5.74, 6) is 1.67. The Kier molecular flexibility index (Phi) is 4.75. The minimum absolute atomic E-state index is 0.643. The van der Waals surface area contributed by atoms with Crippen LogP contribution in [0.2, 0.25) is 0 Å². The van der Waals surface area contributed by atoms with E-state index in [1.165, 1.54) is 25.7 Å². The molecule has 1 aliphatic carbocycles. The number of rotatable bonds is 6. The predicted octanol–water partition coefficient (Wildman–Crippen LogP) is 1.47. The van der Waals surface area contributed by atoms with Crippen molar-refractivity contribution in [3.63, 3.8) is 0 Å². The fourth-order valence-corrected chi connectivity index (χ4v) is 2.44. The number of nitrogens with zero attached hydrogens (tertiary/aromatic N) is 3. The van der Waals surface area contributed by atoms with Gasteiger partial charge in [0.25, 0.3) is 0 Å². The second-order valence-electron chi connectivity index (χ2n) is 5.04. The molecule has 0 unspecified atom stereocenters. The van der Waals surface area contributed by atoms with Gasteiger partial charge in [0.15, 0.2) is 5.82 Å². The normalized spacial score (nSPS) is 15.9. The molecule has 0 atom stereocenters. The largest absolute Gasteiger partial charge is 0.372 e. The summed E-state index contributed by atoms with van der Waals surface area (Å²) in [7, 11) is 2.02. The van der Waals surface area contributed by atoms with Crippen molar-refractivity contribution < 1.29 is 0 Å². The summed E-state index contributed by atoms with van der Waals surface area (Å²) in [5.41, 5.74) is 6.61. The standard InChI is InChI=1S/C13H23N5/c1-18(7-6-14)12-8-13(17-16-10-12)15-9-11-4-2-3-5-11/h8,10-11H,2-7,9,14H2,1H3,(H,15,17). The van der Waals surface area contributed by atoms with E-state index in [1.807, 2.05) is 13.1 Å². The molecule has 0 saturated heterocycles. The molecular weight excluding hydrogens is 226 g/mol. The average molecular weight is 249 g/mol. The van der Waals surface area contributed by atoms with E-state index in [0.29, 0.717) is 6.54 Å². The van der Waals surface area contributed by atoms with Crippen LogP contribution in [-0.4, -0.2) is 36.9 Å². The number of nitrogens with two attached hydrogens (primary N) is 1. The highest BCUT2D eigenvalue weighted by Crippen LogP contribution is 2.25. The number of hydrogen-bond acceptors (Lipinski definition) is 5. The maximum Gasteiger partial charge on any atom is 0.150 e. The Balaban J connectivity index is 1.89. The van der Waals surface area contributed by atoms with Crippen LogP contribution in [0.1, 0.15) is 25.7 Å². The zero-order chi connectivity index (χ0) is 12.8. The van der Waals surface area contributed by atoms with Gasteiger partial charge in [-0.15, -0.1) is 5.10 Å². The molecule has 5 nitrogen and oxygen atoms in total. The minimum atomic E-state index is 0.643. The fourth-order valence-electron chi connectivity index (χ4n) is 2.44. The lowest BCUT2D eigenvalue weighted by atomic mass is 10.1. The highest BCUT2D eigenvalue weighted by molar-refractivity contribution is 5.51. The van der Waals surface area contributed by atoms with Crippen LogP contribution < -0.4 is 16.0 Å². The highest BCUT2D eigenvalue weighted by Gasteiger charge is 2.14. The quantitative estimate of drug-likeness (QED) is 0.799. The van der Waals surface area contributed by atoms with Crippen molar-refractivity contribution >= 4 is 11.5 Å². The van der Waals surface area contributed by atoms with E-state index in [1.54, 1.807) is 6.20 Å². The van der Waals surface area contributed by atoms with Crippen LogP contribution in [0.5, 0.6) is 0 Å². The lowest BCUT2D eigenvalue weighted by Gasteiger charge is -2.18. The summed E-state index contributed by atoms with van der Waals surface area (Å²) < 4.78 is 0. The summed E-state index contributed by atoms with van der Waals surface area (Å²) >= 11 is 0. The van der Waals surface area contributed by atoms with Gasteiger partial charge < -0.3 is 16.0 Å². The van der Waals surface area contributed by atoms with Gasteiger partial charge in [0.05, 0.1) is 11.9 Å². The Morgan fingerprint density at radius 3 is 2.94 bits per heavy atom. The summed E-state index contributed by atoms with van der Waals surface area (Å²) in [6.07, 6.45) is 7.20. The molecule has 0 spiro atoms. The lowest BCUT2D eigenvalue weighted by molar-refractivity contribution is 0.578. The second kappa shape index (κ2) is 6.54. The third-order valence-electron chi connectivity index (χ3n) is 3.59. The van der Waals surface area contributed by atoms with Crippen LogP contribution in [-0.2, 0) is 0 Å². The van der Waals surface area contributed by atoms with Gasteiger partial charge in [0.2, 0.25) is 0 Å². The first-order valence-corrected chi connectivity index (χ1v) is 6.77. The molecular formula is C13H23N5. The van der Waals surface area contributed by atoms with Crippen molar-refractivity contribution in [2.45, 2.75) is 25.7 Å². The summed E-state index contributed by atoms with van der Waals surface area (Å²) in [6, 6.07) is 2.04. The summed E-state index contributed by atoms with van der Waals surface area (Å²) in [6.45, 7) is 2.48. The maximum absolute atomic E-state index is 5.55. The van der Waals surface area contributed by atoms with Crippen LogP contribution in [0.15, 0.2) is 12.3 Å². The van der Waals surface area contributed by atoms with Crippen LogP contribution in [0.3, 0.4) is 0 Å². The molecule has 2 rings (SSSR count). The molecule has 1 aromatic rings. The number of nitrogens with one attached hydrogen (secondary N) is 1. The summed E-state index contributed by atoms with van der Waals surface area (Å²) in [4.78, 5) is 2.09. The molecule has 0 aliphatic heterocycles. The first kappa shape index (κ1) is 13.1. The molecule has 3 N–H and O–H groups in total. The van der Waals surface area contributed by atoms with Gasteiger partial charge in [-0.05, 0) is 18.8 Å². The molecule has 1 heterocycles. The first-order valence-electron chi connectivity index (χ1n) is 6.77. The Morgan fingerprint density at radius 2 is 2.22 bits per heavy atom. The lowest BCUT2D eigenvalue weighted by Crippen LogP contribution is -2.25.